The highest BCUT2D eigenvalue weighted by Crippen LogP contribution is 2.44. The molecule has 0 bridgehead atoms. The molecule has 0 amide bonds. The van der Waals surface area contributed by atoms with Crippen LogP contribution < -0.4 is 10.6 Å². The second-order valence-corrected chi connectivity index (χ2v) is 5.88. The number of aliphatic hydroxyl groups is 1. The zero-order chi connectivity index (χ0) is 13.3. The smallest absolute Gasteiger partial charge is 0.350 e. The molecular weight excluding hydrogens is 272 g/mol. The van der Waals surface area contributed by atoms with Gasteiger partial charge in [-0.05, 0) is 12.7 Å². The van der Waals surface area contributed by atoms with Crippen molar-refractivity contribution in [3.8, 4) is 0 Å². The van der Waals surface area contributed by atoms with Crippen LogP contribution in [0.25, 0.3) is 0 Å². The quantitative estimate of drug-likeness (QED) is 0.647. The van der Waals surface area contributed by atoms with E-state index in [0.29, 0.717) is 17.1 Å². The Bertz CT molecular complexity index is 461. The van der Waals surface area contributed by atoms with E-state index < -0.39 is 5.97 Å². The van der Waals surface area contributed by atoms with Crippen molar-refractivity contribution < 1.29 is 14.6 Å². The summed E-state index contributed by atoms with van der Waals surface area (Å²) in [5, 5.41) is 10.5. The molecule has 1 fully saturated rings. The van der Waals surface area contributed by atoms with Gasteiger partial charge in [0.2, 0.25) is 0 Å². The maximum absolute atomic E-state index is 11.6. The number of hydrogen-bond acceptors (Lipinski definition) is 7. The minimum atomic E-state index is -0.404. The third-order valence-electron chi connectivity index (χ3n) is 2.91. The van der Waals surface area contributed by atoms with Gasteiger partial charge in [0.1, 0.15) is 9.88 Å². The summed E-state index contributed by atoms with van der Waals surface area (Å²) in [6.45, 7) is 1.38. The van der Waals surface area contributed by atoms with Gasteiger partial charge >= 0.3 is 5.97 Å². The maximum Gasteiger partial charge on any atom is 0.350 e. The third kappa shape index (κ3) is 2.30. The summed E-state index contributed by atoms with van der Waals surface area (Å²) in [5.41, 5.74) is 6.48. The second kappa shape index (κ2) is 5.38. The monoisotopic (exact) mass is 288 g/mol. The van der Waals surface area contributed by atoms with Gasteiger partial charge in [0, 0.05) is 13.1 Å². The van der Waals surface area contributed by atoms with E-state index in [-0.39, 0.29) is 6.10 Å². The highest BCUT2D eigenvalue weighted by atomic mass is 32.2. The highest BCUT2D eigenvalue weighted by molar-refractivity contribution is 7.99. The lowest BCUT2D eigenvalue weighted by molar-refractivity contribution is 0.0607. The largest absolute Gasteiger partial charge is 0.465 e. The number of rotatable bonds is 3. The first-order chi connectivity index (χ1) is 8.58. The summed E-state index contributed by atoms with van der Waals surface area (Å²) in [6.07, 6.45) is 2.37. The Morgan fingerprint density at radius 1 is 1.67 bits per heavy atom. The molecule has 1 unspecified atom stereocenters. The van der Waals surface area contributed by atoms with Gasteiger partial charge in [-0.15, -0.1) is 23.1 Å². The van der Waals surface area contributed by atoms with Gasteiger partial charge in [-0.1, -0.05) is 0 Å². The Labute approximate surface area is 114 Å². The van der Waals surface area contributed by atoms with Crippen LogP contribution in [0.4, 0.5) is 10.7 Å². The number of methoxy groups -OCH3 is 1. The van der Waals surface area contributed by atoms with Gasteiger partial charge in [-0.2, -0.15) is 0 Å². The van der Waals surface area contributed by atoms with E-state index in [2.05, 4.69) is 4.90 Å². The summed E-state index contributed by atoms with van der Waals surface area (Å²) in [5.74, 6) is -0.404. The van der Waals surface area contributed by atoms with Crippen LogP contribution in [0.3, 0.4) is 0 Å². The van der Waals surface area contributed by atoms with Gasteiger partial charge in [-0.25, -0.2) is 4.79 Å². The molecule has 5 nitrogen and oxygen atoms in total. The Kier molecular flexibility index (Phi) is 4.04. The zero-order valence-electron chi connectivity index (χ0n) is 10.3. The number of nitrogens with two attached hydrogens (primary N) is 1. The Morgan fingerprint density at radius 2 is 2.39 bits per heavy atom. The molecule has 0 radical (unpaired) electrons. The first kappa shape index (κ1) is 13.5. The van der Waals surface area contributed by atoms with E-state index in [1.54, 1.807) is 0 Å². The predicted molar refractivity (Wildman–Crippen MR) is 74.7 cm³/mol. The molecule has 3 N–H and O–H groups in total. The number of thiophene rings is 1. The molecule has 100 valence electrons. The van der Waals surface area contributed by atoms with Crippen LogP contribution in [0, 0.1) is 0 Å². The zero-order valence-corrected chi connectivity index (χ0v) is 11.9. The molecule has 1 atom stereocenters. The SMILES string of the molecule is COC(=O)c1sc(N2CCC(O)C2)c(SC)c1N. The van der Waals surface area contributed by atoms with E-state index in [1.165, 1.54) is 30.2 Å². The summed E-state index contributed by atoms with van der Waals surface area (Å²) in [6, 6.07) is 0. The lowest BCUT2D eigenvalue weighted by Crippen LogP contribution is -2.20. The van der Waals surface area contributed by atoms with Gasteiger partial charge in [0.25, 0.3) is 0 Å². The van der Waals surface area contributed by atoms with Crippen molar-refractivity contribution in [2.45, 2.75) is 17.4 Å². The molecule has 7 heteroatoms. The van der Waals surface area contributed by atoms with Crippen molar-refractivity contribution in [2.24, 2.45) is 0 Å². The fourth-order valence-electron chi connectivity index (χ4n) is 1.99. The van der Waals surface area contributed by atoms with Crippen LogP contribution in [0.15, 0.2) is 4.90 Å². The second-order valence-electron chi connectivity index (χ2n) is 4.06. The lowest BCUT2D eigenvalue weighted by Gasteiger charge is -2.16. The maximum atomic E-state index is 11.6. The van der Waals surface area contributed by atoms with E-state index in [9.17, 15) is 9.90 Å². The van der Waals surface area contributed by atoms with Gasteiger partial charge in [-0.3, -0.25) is 0 Å². The average Bonchev–Trinajstić information content (AvgIpc) is 2.92. The minimum Gasteiger partial charge on any atom is -0.465 e. The molecule has 1 aliphatic heterocycles. The van der Waals surface area contributed by atoms with Crippen molar-refractivity contribution in [3.63, 3.8) is 0 Å². The first-order valence-electron chi connectivity index (χ1n) is 5.56. The molecule has 18 heavy (non-hydrogen) atoms. The van der Waals surface area contributed by atoms with Crippen LogP contribution in [0.2, 0.25) is 0 Å². The van der Waals surface area contributed by atoms with Crippen molar-refractivity contribution >= 4 is 39.8 Å². The number of carbonyl (C=O) groups excluding carboxylic acids is 1. The number of esters is 1. The number of carbonyl (C=O) groups is 1. The topological polar surface area (TPSA) is 75.8 Å². The third-order valence-corrected chi connectivity index (χ3v) is 5.10. The number of anilines is 2. The number of nitrogens with zero attached hydrogens (tertiary/aromatic N) is 1. The molecule has 1 aromatic heterocycles. The van der Waals surface area contributed by atoms with Crippen LogP contribution in [-0.4, -0.2) is 43.6 Å². The summed E-state index contributed by atoms with van der Waals surface area (Å²) >= 11 is 2.85. The summed E-state index contributed by atoms with van der Waals surface area (Å²) < 4.78 is 4.73. The molecule has 0 spiro atoms. The number of nitrogen functional groups attached to an aromatic ring is 1. The molecule has 0 aliphatic carbocycles. The molecule has 1 aromatic rings. The Balaban J connectivity index is 2.38. The van der Waals surface area contributed by atoms with Crippen molar-refractivity contribution in [1.82, 2.24) is 0 Å². The van der Waals surface area contributed by atoms with Crippen LogP contribution in [0.1, 0.15) is 16.1 Å². The van der Waals surface area contributed by atoms with Crippen LogP contribution in [-0.2, 0) is 4.74 Å². The predicted octanol–water partition coefficient (Wildman–Crippen LogP) is 1.41. The van der Waals surface area contributed by atoms with Crippen LogP contribution in [0.5, 0.6) is 0 Å². The molecule has 1 saturated heterocycles. The average molecular weight is 288 g/mol. The van der Waals surface area contributed by atoms with E-state index >= 15 is 0 Å². The minimum absolute atomic E-state index is 0.301. The lowest BCUT2D eigenvalue weighted by atomic mass is 10.3. The van der Waals surface area contributed by atoms with E-state index in [0.717, 1.165) is 22.9 Å². The fraction of sp³-hybridized carbons (Fsp3) is 0.545. The number of thioether (sulfide) groups is 1. The molecular formula is C11H16N2O3S2. The highest BCUT2D eigenvalue weighted by Gasteiger charge is 2.28. The Hall–Kier alpha value is -0.920. The summed E-state index contributed by atoms with van der Waals surface area (Å²) in [4.78, 5) is 15.0. The normalized spacial score (nSPS) is 19.3. The standard InChI is InChI=1S/C11H16N2O3S2/c1-16-11(15)9-7(12)8(17-2)10(18-9)13-4-3-6(14)5-13/h6,14H,3-5,12H2,1-2H3. The molecule has 1 aliphatic rings. The van der Waals surface area contributed by atoms with Gasteiger partial charge in [0.05, 0.1) is 23.8 Å². The van der Waals surface area contributed by atoms with Crippen molar-refractivity contribution in [2.75, 3.05) is 37.1 Å². The fourth-order valence-corrected chi connectivity index (χ4v) is 4.13. The van der Waals surface area contributed by atoms with Gasteiger partial charge in [0.15, 0.2) is 0 Å². The molecule has 2 rings (SSSR count). The number of ether oxygens (including phenoxy) is 1. The number of hydrogen-bond donors (Lipinski definition) is 2. The van der Waals surface area contributed by atoms with Crippen molar-refractivity contribution in [1.29, 1.82) is 0 Å². The van der Waals surface area contributed by atoms with E-state index in [4.69, 9.17) is 10.5 Å². The molecule has 0 saturated carbocycles. The summed E-state index contributed by atoms with van der Waals surface area (Å²) in [7, 11) is 1.35. The van der Waals surface area contributed by atoms with Gasteiger partial charge < -0.3 is 20.5 Å². The number of β-amino-alcohol motifs (C(OH)–C–C–N with tert-alkyl or cyclic N) is 1. The number of aliphatic hydroxyl groups excluding tert-OH is 1. The molecule has 2 heterocycles. The van der Waals surface area contributed by atoms with Crippen LogP contribution >= 0.6 is 23.1 Å². The Morgan fingerprint density at radius 3 is 2.89 bits per heavy atom. The van der Waals surface area contributed by atoms with Crippen molar-refractivity contribution in [3.05, 3.63) is 4.88 Å². The van der Waals surface area contributed by atoms with E-state index in [1.807, 2.05) is 6.26 Å². The molecule has 0 aromatic carbocycles. The first-order valence-corrected chi connectivity index (χ1v) is 7.60.